The molecular weight excluding hydrogens is 315 g/mol. The number of hydrogen-bond acceptors (Lipinski definition) is 4. The van der Waals surface area contributed by atoms with Gasteiger partial charge in [0.25, 0.3) is 0 Å². The van der Waals surface area contributed by atoms with Crippen LogP contribution in [-0.2, 0) is 16.6 Å². The lowest BCUT2D eigenvalue weighted by atomic mass is 9.80. The van der Waals surface area contributed by atoms with Crippen LogP contribution in [0.1, 0.15) is 5.56 Å². The van der Waals surface area contributed by atoms with Crippen molar-refractivity contribution in [3.05, 3.63) is 59.7 Å². The fourth-order valence-corrected chi connectivity index (χ4v) is 2.74. The molecule has 0 saturated heterocycles. The first-order valence-corrected chi connectivity index (χ1v) is 7.67. The summed E-state index contributed by atoms with van der Waals surface area (Å²) in [6, 6.07) is 8.21. The summed E-state index contributed by atoms with van der Waals surface area (Å²) in [6.45, 7) is -0.0802. The molecule has 0 atom stereocenters. The largest absolute Gasteiger partial charge is 0.488 e. The highest BCUT2D eigenvalue weighted by Crippen LogP contribution is 2.14. The zero-order valence-corrected chi connectivity index (χ0v) is 12.0. The highest BCUT2D eigenvalue weighted by Gasteiger charge is 2.16. The molecule has 0 aliphatic rings. The van der Waals surface area contributed by atoms with Crippen molar-refractivity contribution in [1.82, 2.24) is 4.72 Å². The van der Waals surface area contributed by atoms with Crippen LogP contribution in [0.25, 0.3) is 0 Å². The SMILES string of the molecule is O=S(=O)(NCc1ccc(B(O)O)cc1)c1ccc(F)c(F)c1. The van der Waals surface area contributed by atoms with Gasteiger partial charge in [-0.05, 0) is 29.2 Å². The van der Waals surface area contributed by atoms with Gasteiger partial charge >= 0.3 is 7.12 Å². The van der Waals surface area contributed by atoms with Crippen LogP contribution >= 0.6 is 0 Å². The molecule has 5 nitrogen and oxygen atoms in total. The van der Waals surface area contributed by atoms with E-state index >= 15 is 0 Å². The van der Waals surface area contributed by atoms with Crippen LogP contribution in [0.15, 0.2) is 47.4 Å². The molecule has 3 N–H and O–H groups in total. The maximum Gasteiger partial charge on any atom is 0.488 e. The van der Waals surface area contributed by atoms with Crippen LogP contribution in [0.3, 0.4) is 0 Å². The number of hydrogen-bond donors (Lipinski definition) is 3. The Bertz CT molecular complexity index is 766. The Hall–Kier alpha value is -1.81. The van der Waals surface area contributed by atoms with Crippen LogP contribution in [0.2, 0.25) is 0 Å². The maximum absolute atomic E-state index is 13.1. The number of nitrogens with one attached hydrogen (secondary N) is 1. The molecule has 0 bridgehead atoms. The molecule has 0 unspecified atom stereocenters. The van der Waals surface area contributed by atoms with E-state index in [0.29, 0.717) is 11.6 Å². The van der Waals surface area contributed by atoms with Gasteiger partial charge in [-0.2, -0.15) is 0 Å². The quantitative estimate of drug-likeness (QED) is 0.681. The van der Waals surface area contributed by atoms with E-state index in [1.54, 1.807) is 0 Å². The van der Waals surface area contributed by atoms with Gasteiger partial charge in [-0.15, -0.1) is 0 Å². The van der Waals surface area contributed by atoms with Crippen molar-refractivity contribution in [1.29, 1.82) is 0 Å². The third-order valence-corrected chi connectivity index (χ3v) is 4.34. The summed E-state index contributed by atoms with van der Waals surface area (Å²) < 4.78 is 52.1. The third kappa shape index (κ3) is 3.89. The van der Waals surface area contributed by atoms with Crippen molar-refractivity contribution in [2.24, 2.45) is 0 Å². The van der Waals surface area contributed by atoms with E-state index < -0.39 is 28.8 Å². The third-order valence-electron chi connectivity index (χ3n) is 2.95. The van der Waals surface area contributed by atoms with Gasteiger partial charge in [-0.25, -0.2) is 21.9 Å². The molecule has 9 heteroatoms. The molecule has 0 saturated carbocycles. The summed E-state index contributed by atoms with van der Waals surface area (Å²) in [5, 5.41) is 17.9. The molecule has 0 spiro atoms. The zero-order valence-electron chi connectivity index (χ0n) is 11.2. The molecule has 2 aromatic rings. The van der Waals surface area contributed by atoms with Crippen LogP contribution in [0.5, 0.6) is 0 Å². The van der Waals surface area contributed by atoms with E-state index in [4.69, 9.17) is 10.0 Å². The van der Waals surface area contributed by atoms with Crippen LogP contribution in [-0.4, -0.2) is 25.6 Å². The minimum atomic E-state index is -3.98. The number of benzene rings is 2. The topological polar surface area (TPSA) is 86.6 Å². The predicted octanol–water partition coefficient (Wildman–Crippen LogP) is 0.123. The van der Waals surface area contributed by atoms with Crippen molar-refractivity contribution in [2.45, 2.75) is 11.4 Å². The molecule has 0 radical (unpaired) electrons. The second-order valence-electron chi connectivity index (χ2n) is 4.52. The average Bonchev–Trinajstić information content (AvgIpc) is 2.48. The van der Waals surface area contributed by atoms with E-state index in [1.165, 1.54) is 24.3 Å². The van der Waals surface area contributed by atoms with Crippen molar-refractivity contribution in [2.75, 3.05) is 0 Å². The Morgan fingerprint density at radius 3 is 2.18 bits per heavy atom. The lowest BCUT2D eigenvalue weighted by Gasteiger charge is -2.08. The highest BCUT2D eigenvalue weighted by atomic mass is 32.2. The number of rotatable bonds is 5. The first-order valence-electron chi connectivity index (χ1n) is 6.19. The molecule has 2 rings (SSSR count). The summed E-state index contributed by atoms with van der Waals surface area (Å²) in [7, 11) is -5.58. The first-order chi connectivity index (χ1) is 10.3. The van der Waals surface area contributed by atoms with Crippen LogP contribution < -0.4 is 10.2 Å². The molecule has 2 aromatic carbocycles. The van der Waals surface area contributed by atoms with E-state index in [2.05, 4.69) is 4.72 Å². The molecule has 0 aromatic heterocycles. The maximum atomic E-state index is 13.1. The fourth-order valence-electron chi connectivity index (χ4n) is 1.71. The normalized spacial score (nSPS) is 11.5. The van der Waals surface area contributed by atoms with Gasteiger partial charge in [0.2, 0.25) is 10.0 Å². The van der Waals surface area contributed by atoms with Crippen LogP contribution in [0.4, 0.5) is 8.78 Å². The van der Waals surface area contributed by atoms with Crippen molar-refractivity contribution in [3.63, 3.8) is 0 Å². The monoisotopic (exact) mass is 327 g/mol. The van der Waals surface area contributed by atoms with E-state index in [1.807, 2.05) is 0 Å². The van der Waals surface area contributed by atoms with Gasteiger partial charge in [-0.1, -0.05) is 24.3 Å². The molecule has 22 heavy (non-hydrogen) atoms. The predicted molar refractivity (Wildman–Crippen MR) is 76.7 cm³/mol. The average molecular weight is 327 g/mol. The van der Waals surface area contributed by atoms with E-state index in [9.17, 15) is 17.2 Å². The van der Waals surface area contributed by atoms with E-state index in [-0.39, 0.29) is 16.9 Å². The van der Waals surface area contributed by atoms with Gasteiger partial charge in [0.15, 0.2) is 11.6 Å². The van der Waals surface area contributed by atoms with Crippen molar-refractivity contribution < 1.29 is 27.2 Å². The van der Waals surface area contributed by atoms with Gasteiger partial charge in [-0.3, -0.25) is 0 Å². The Morgan fingerprint density at radius 1 is 1.00 bits per heavy atom. The lowest BCUT2D eigenvalue weighted by molar-refractivity contribution is 0.425. The van der Waals surface area contributed by atoms with Crippen molar-refractivity contribution >= 4 is 22.6 Å². The molecule has 0 aliphatic heterocycles. The Morgan fingerprint density at radius 2 is 1.64 bits per heavy atom. The Kier molecular flexibility index (Phi) is 4.92. The minimum absolute atomic E-state index is 0.0802. The molecule has 0 amide bonds. The Balaban J connectivity index is 2.10. The smallest absolute Gasteiger partial charge is 0.423 e. The standard InChI is InChI=1S/C13H12BF2NO4S/c15-12-6-5-11(7-13(12)16)22(20,21)17-8-9-1-3-10(4-2-9)14(18)19/h1-7,17-19H,8H2. The lowest BCUT2D eigenvalue weighted by Crippen LogP contribution is -2.30. The van der Waals surface area contributed by atoms with Gasteiger partial charge in [0.1, 0.15) is 0 Å². The summed E-state index contributed by atoms with van der Waals surface area (Å²) >= 11 is 0. The second-order valence-corrected chi connectivity index (χ2v) is 6.28. The Labute approximate surface area is 126 Å². The summed E-state index contributed by atoms with van der Waals surface area (Å²) in [4.78, 5) is -0.381. The molecule has 0 heterocycles. The zero-order chi connectivity index (χ0) is 16.3. The second kappa shape index (κ2) is 6.53. The highest BCUT2D eigenvalue weighted by molar-refractivity contribution is 7.89. The molecular formula is C13H12BF2NO4S. The summed E-state index contributed by atoms with van der Waals surface area (Å²) in [5.41, 5.74) is 0.836. The van der Waals surface area contributed by atoms with Crippen LogP contribution in [0, 0.1) is 11.6 Å². The van der Waals surface area contributed by atoms with E-state index in [0.717, 1.165) is 12.1 Å². The summed E-state index contributed by atoms with van der Waals surface area (Å²) in [5.74, 6) is -2.37. The first kappa shape index (κ1) is 16.6. The van der Waals surface area contributed by atoms with Gasteiger partial charge < -0.3 is 10.0 Å². The summed E-state index contributed by atoms with van der Waals surface area (Å²) in [6.07, 6.45) is 0. The molecule has 0 aliphatic carbocycles. The molecule has 116 valence electrons. The number of sulfonamides is 1. The minimum Gasteiger partial charge on any atom is -0.423 e. The number of halogens is 2. The van der Waals surface area contributed by atoms with Crippen molar-refractivity contribution in [3.8, 4) is 0 Å². The fraction of sp³-hybridized carbons (Fsp3) is 0.0769. The van der Waals surface area contributed by atoms with Gasteiger partial charge in [0.05, 0.1) is 4.90 Å². The molecule has 0 fully saturated rings. The van der Waals surface area contributed by atoms with Gasteiger partial charge in [0, 0.05) is 6.54 Å².